The Morgan fingerprint density at radius 2 is 1.83 bits per heavy atom. The summed E-state index contributed by atoms with van der Waals surface area (Å²) in [6.45, 7) is 0.541. The Balaban J connectivity index is 1.34. The normalized spacial score (nSPS) is 34.9. The molecule has 0 spiro atoms. The van der Waals surface area contributed by atoms with Crippen LogP contribution in [-0.4, -0.2) is 25.0 Å². The molecular formula is C16H22N6O. The van der Waals surface area contributed by atoms with E-state index in [4.69, 9.17) is 4.42 Å². The van der Waals surface area contributed by atoms with E-state index in [0.717, 1.165) is 29.5 Å². The Morgan fingerprint density at radius 1 is 1.13 bits per heavy atom. The van der Waals surface area contributed by atoms with Crippen LogP contribution in [0.1, 0.15) is 50.2 Å². The highest BCUT2D eigenvalue weighted by atomic mass is 16.4. The summed E-state index contributed by atoms with van der Waals surface area (Å²) in [7, 11) is 1.92. The second kappa shape index (κ2) is 4.79. The molecule has 1 N–H and O–H groups in total. The van der Waals surface area contributed by atoms with Gasteiger partial charge in [0, 0.05) is 12.5 Å². The molecular weight excluding hydrogens is 292 g/mol. The van der Waals surface area contributed by atoms with Gasteiger partial charge >= 0.3 is 6.01 Å². The van der Waals surface area contributed by atoms with Crippen molar-refractivity contribution in [2.45, 2.75) is 50.5 Å². The van der Waals surface area contributed by atoms with Crippen LogP contribution in [0.15, 0.2) is 10.7 Å². The van der Waals surface area contributed by atoms with Gasteiger partial charge in [-0.05, 0) is 56.3 Å². The Kier molecular flexibility index (Phi) is 2.81. The summed E-state index contributed by atoms with van der Waals surface area (Å²) in [4.78, 5) is 0. The molecule has 2 aromatic rings. The average molecular weight is 314 g/mol. The van der Waals surface area contributed by atoms with Gasteiger partial charge in [0.15, 0.2) is 5.82 Å². The van der Waals surface area contributed by atoms with E-state index in [1.807, 2.05) is 11.6 Å². The first kappa shape index (κ1) is 13.5. The van der Waals surface area contributed by atoms with Crippen LogP contribution in [0.2, 0.25) is 0 Å². The van der Waals surface area contributed by atoms with Crippen molar-refractivity contribution in [1.29, 1.82) is 0 Å². The Labute approximate surface area is 134 Å². The molecule has 7 heteroatoms. The highest BCUT2D eigenvalue weighted by molar-refractivity contribution is 5.22. The van der Waals surface area contributed by atoms with E-state index in [-0.39, 0.29) is 5.41 Å². The van der Waals surface area contributed by atoms with E-state index in [9.17, 15) is 0 Å². The smallest absolute Gasteiger partial charge is 0.315 e. The molecule has 0 aromatic carbocycles. The number of hydrogen-bond acceptors (Lipinski definition) is 6. The van der Waals surface area contributed by atoms with Crippen molar-refractivity contribution in [3.63, 3.8) is 0 Å². The third kappa shape index (κ3) is 2.16. The van der Waals surface area contributed by atoms with Crippen molar-refractivity contribution < 1.29 is 4.42 Å². The zero-order valence-electron chi connectivity index (χ0n) is 13.4. The lowest BCUT2D eigenvalue weighted by Gasteiger charge is -2.55. The molecule has 4 fully saturated rings. The molecule has 0 radical (unpaired) electrons. The van der Waals surface area contributed by atoms with E-state index >= 15 is 0 Å². The fourth-order valence-electron chi connectivity index (χ4n) is 5.50. The number of nitrogens with one attached hydrogen (secondary N) is 1. The standard InChI is InChI=1S/C16H22N6O/c1-22-9-18-19-13(22)8-17-15-21-20-14(23-15)16-5-10-2-11(6-16)4-12(3-10)7-16/h9-12H,2-8H2,1H3,(H,17,21). The molecule has 0 unspecified atom stereocenters. The molecule has 0 atom stereocenters. The lowest BCUT2D eigenvalue weighted by Crippen LogP contribution is -2.48. The summed E-state index contributed by atoms with van der Waals surface area (Å²) in [5, 5.41) is 19.7. The number of anilines is 1. The van der Waals surface area contributed by atoms with E-state index in [1.54, 1.807) is 6.33 Å². The maximum Gasteiger partial charge on any atom is 0.315 e. The molecule has 7 nitrogen and oxygen atoms in total. The lowest BCUT2D eigenvalue weighted by molar-refractivity contribution is -0.0175. The van der Waals surface area contributed by atoms with Crippen LogP contribution in [0.3, 0.4) is 0 Å². The molecule has 23 heavy (non-hydrogen) atoms. The van der Waals surface area contributed by atoms with Crippen LogP contribution in [0.25, 0.3) is 0 Å². The number of hydrogen-bond donors (Lipinski definition) is 1. The molecule has 2 heterocycles. The Hall–Kier alpha value is -1.92. The number of aryl methyl sites for hydroxylation is 1. The number of aromatic nitrogens is 5. The van der Waals surface area contributed by atoms with Crippen LogP contribution in [0.5, 0.6) is 0 Å². The molecule has 0 saturated heterocycles. The maximum absolute atomic E-state index is 6.02. The molecule has 4 saturated carbocycles. The van der Waals surface area contributed by atoms with Crippen molar-refractivity contribution in [2.24, 2.45) is 24.8 Å². The van der Waals surface area contributed by atoms with Crippen LogP contribution in [0.4, 0.5) is 6.01 Å². The van der Waals surface area contributed by atoms with E-state index in [1.165, 1.54) is 38.5 Å². The minimum atomic E-state index is 0.159. The monoisotopic (exact) mass is 314 g/mol. The maximum atomic E-state index is 6.02. The van der Waals surface area contributed by atoms with Gasteiger partial charge in [0.05, 0.1) is 6.54 Å². The Bertz CT molecular complexity index is 684. The van der Waals surface area contributed by atoms with Gasteiger partial charge in [-0.25, -0.2) is 0 Å². The fourth-order valence-corrected chi connectivity index (χ4v) is 5.50. The summed E-state index contributed by atoms with van der Waals surface area (Å²) in [5.41, 5.74) is 0.159. The van der Waals surface area contributed by atoms with Gasteiger partial charge < -0.3 is 14.3 Å². The van der Waals surface area contributed by atoms with Crippen molar-refractivity contribution >= 4 is 6.01 Å². The Morgan fingerprint density at radius 3 is 2.43 bits per heavy atom. The molecule has 4 bridgehead atoms. The molecule has 4 aliphatic rings. The van der Waals surface area contributed by atoms with E-state index < -0.39 is 0 Å². The quantitative estimate of drug-likeness (QED) is 0.932. The highest BCUT2D eigenvalue weighted by Gasteiger charge is 2.54. The summed E-state index contributed by atoms with van der Waals surface area (Å²) in [6, 6.07) is 0.499. The zero-order chi connectivity index (χ0) is 15.4. The zero-order valence-corrected chi connectivity index (χ0v) is 13.4. The lowest BCUT2D eigenvalue weighted by atomic mass is 9.49. The summed E-state index contributed by atoms with van der Waals surface area (Å²) in [6.07, 6.45) is 9.67. The first-order chi connectivity index (χ1) is 11.2. The third-order valence-electron chi connectivity index (χ3n) is 6.12. The largest absolute Gasteiger partial charge is 0.408 e. The van der Waals surface area contributed by atoms with Crippen molar-refractivity contribution in [3.8, 4) is 0 Å². The molecule has 6 rings (SSSR count). The fraction of sp³-hybridized carbons (Fsp3) is 0.750. The second-order valence-corrected chi connectivity index (χ2v) is 7.82. The van der Waals surface area contributed by atoms with Crippen molar-refractivity contribution in [1.82, 2.24) is 25.0 Å². The van der Waals surface area contributed by atoms with Crippen LogP contribution < -0.4 is 5.32 Å². The van der Waals surface area contributed by atoms with Gasteiger partial charge in [-0.15, -0.1) is 15.3 Å². The van der Waals surface area contributed by atoms with Crippen molar-refractivity contribution in [3.05, 3.63) is 18.0 Å². The molecule has 122 valence electrons. The molecule has 4 aliphatic carbocycles. The summed E-state index contributed by atoms with van der Waals surface area (Å²) < 4.78 is 7.89. The van der Waals surface area contributed by atoms with Crippen LogP contribution >= 0.6 is 0 Å². The summed E-state index contributed by atoms with van der Waals surface area (Å²) in [5.74, 6) is 4.34. The third-order valence-corrected chi connectivity index (χ3v) is 6.12. The van der Waals surface area contributed by atoms with Gasteiger partial charge in [-0.3, -0.25) is 0 Å². The predicted octanol–water partition coefficient (Wildman–Crippen LogP) is 2.28. The highest BCUT2D eigenvalue weighted by Crippen LogP contribution is 2.60. The van der Waals surface area contributed by atoms with Crippen LogP contribution in [-0.2, 0) is 19.0 Å². The predicted molar refractivity (Wildman–Crippen MR) is 82.5 cm³/mol. The minimum absolute atomic E-state index is 0.159. The van der Waals surface area contributed by atoms with E-state index in [0.29, 0.717) is 12.6 Å². The van der Waals surface area contributed by atoms with Gasteiger partial charge in [0.1, 0.15) is 6.33 Å². The number of nitrogens with zero attached hydrogens (tertiary/aromatic N) is 5. The van der Waals surface area contributed by atoms with Crippen molar-refractivity contribution in [2.75, 3.05) is 5.32 Å². The SMILES string of the molecule is Cn1cnnc1CNc1nnc(C23CC4CC(CC(C4)C2)C3)o1. The minimum Gasteiger partial charge on any atom is -0.408 e. The van der Waals surface area contributed by atoms with Gasteiger partial charge in [0.25, 0.3) is 0 Å². The second-order valence-electron chi connectivity index (χ2n) is 7.82. The van der Waals surface area contributed by atoms with Gasteiger partial charge in [-0.1, -0.05) is 5.10 Å². The van der Waals surface area contributed by atoms with E-state index in [2.05, 4.69) is 25.7 Å². The first-order valence-corrected chi connectivity index (χ1v) is 8.61. The van der Waals surface area contributed by atoms with Gasteiger partial charge in [0.2, 0.25) is 5.89 Å². The number of rotatable bonds is 4. The average Bonchev–Trinajstić information content (AvgIpc) is 3.13. The van der Waals surface area contributed by atoms with Crippen LogP contribution in [0, 0.1) is 17.8 Å². The van der Waals surface area contributed by atoms with Gasteiger partial charge in [-0.2, -0.15) is 0 Å². The summed E-state index contributed by atoms with van der Waals surface area (Å²) >= 11 is 0. The molecule has 2 aromatic heterocycles. The molecule has 0 amide bonds. The topological polar surface area (TPSA) is 81.7 Å². The molecule has 0 aliphatic heterocycles. The first-order valence-electron chi connectivity index (χ1n) is 8.61.